The summed E-state index contributed by atoms with van der Waals surface area (Å²) in [5, 5.41) is 8.33. The summed E-state index contributed by atoms with van der Waals surface area (Å²) in [6.45, 7) is 3.93. The SMILES string of the molecule is CCC(C)NC(=O)c1ccccc1NC(=O)Nc1ccccc1OC. The van der Waals surface area contributed by atoms with Gasteiger partial charge in [-0.1, -0.05) is 31.2 Å². The smallest absolute Gasteiger partial charge is 0.323 e. The van der Waals surface area contributed by atoms with Crippen LogP contribution in [-0.4, -0.2) is 25.1 Å². The van der Waals surface area contributed by atoms with Crippen molar-refractivity contribution in [2.45, 2.75) is 26.3 Å². The quantitative estimate of drug-likeness (QED) is 0.746. The van der Waals surface area contributed by atoms with Crippen LogP contribution in [0.2, 0.25) is 0 Å². The average molecular weight is 341 g/mol. The number of benzene rings is 2. The molecule has 3 N–H and O–H groups in total. The Labute approximate surface area is 147 Å². The fourth-order valence-electron chi connectivity index (χ4n) is 2.22. The molecule has 0 spiro atoms. The Kier molecular flexibility index (Phi) is 6.39. The number of hydrogen-bond acceptors (Lipinski definition) is 3. The molecule has 0 aliphatic rings. The number of carbonyl (C=O) groups excluding carboxylic acids is 2. The number of methoxy groups -OCH3 is 1. The molecule has 0 saturated heterocycles. The van der Waals surface area contributed by atoms with Crippen LogP contribution in [0.1, 0.15) is 30.6 Å². The predicted octanol–water partition coefficient (Wildman–Crippen LogP) is 3.87. The second-order valence-corrected chi connectivity index (χ2v) is 5.61. The van der Waals surface area contributed by atoms with Crippen LogP contribution in [0, 0.1) is 0 Å². The molecule has 132 valence electrons. The molecule has 0 aromatic heterocycles. The van der Waals surface area contributed by atoms with Gasteiger partial charge in [0, 0.05) is 6.04 Å². The minimum Gasteiger partial charge on any atom is -0.495 e. The van der Waals surface area contributed by atoms with Crippen LogP contribution in [0.25, 0.3) is 0 Å². The van der Waals surface area contributed by atoms with Crippen molar-refractivity contribution in [2.24, 2.45) is 0 Å². The van der Waals surface area contributed by atoms with E-state index in [9.17, 15) is 9.59 Å². The molecule has 2 rings (SSSR count). The molecule has 1 atom stereocenters. The van der Waals surface area contributed by atoms with Crippen molar-refractivity contribution in [3.8, 4) is 5.75 Å². The highest BCUT2D eigenvalue weighted by atomic mass is 16.5. The topological polar surface area (TPSA) is 79.5 Å². The molecule has 6 heteroatoms. The first-order valence-electron chi connectivity index (χ1n) is 8.16. The first-order chi connectivity index (χ1) is 12.0. The molecule has 1 unspecified atom stereocenters. The molecule has 2 aromatic carbocycles. The van der Waals surface area contributed by atoms with Gasteiger partial charge < -0.3 is 20.7 Å². The van der Waals surface area contributed by atoms with Gasteiger partial charge in [0.05, 0.1) is 24.0 Å². The van der Waals surface area contributed by atoms with E-state index >= 15 is 0 Å². The third-order valence-electron chi connectivity index (χ3n) is 3.76. The van der Waals surface area contributed by atoms with E-state index in [2.05, 4.69) is 16.0 Å². The van der Waals surface area contributed by atoms with Crippen molar-refractivity contribution < 1.29 is 14.3 Å². The van der Waals surface area contributed by atoms with Gasteiger partial charge in [-0.25, -0.2) is 4.79 Å². The summed E-state index contributed by atoms with van der Waals surface area (Å²) in [6.07, 6.45) is 0.829. The minimum atomic E-state index is -0.451. The van der Waals surface area contributed by atoms with E-state index in [0.29, 0.717) is 22.7 Å². The molecule has 0 heterocycles. The Morgan fingerprint density at radius 3 is 2.28 bits per heavy atom. The maximum atomic E-state index is 12.4. The van der Waals surface area contributed by atoms with E-state index in [1.165, 1.54) is 7.11 Å². The van der Waals surface area contributed by atoms with Crippen molar-refractivity contribution in [1.29, 1.82) is 0 Å². The average Bonchev–Trinajstić information content (AvgIpc) is 2.62. The lowest BCUT2D eigenvalue weighted by molar-refractivity contribution is 0.0940. The largest absolute Gasteiger partial charge is 0.495 e. The summed E-state index contributed by atoms with van der Waals surface area (Å²) >= 11 is 0. The second kappa shape index (κ2) is 8.73. The molecule has 0 saturated carbocycles. The van der Waals surface area contributed by atoms with Crippen LogP contribution in [0.3, 0.4) is 0 Å². The second-order valence-electron chi connectivity index (χ2n) is 5.61. The Morgan fingerprint density at radius 2 is 1.60 bits per heavy atom. The van der Waals surface area contributed by atoms with Crippen LogP contribution in [0.5, 0.6) is 5.75 Å². The van der Waals surface area contributed by atoms with Crippen LogP contribution in [0.4, 0.5) is 16.2 Å². The predicted molar refractivity (Wildman–Crippen MR) is 99.3 cm³/mol. The molecule has 0 aliphatic heterocycles. The molecule has 0 aliphatic carbocycles. The normalized spacial score (nSPS) is 11.3. The van der Waals surface area contributed by atoms with Gasteiger partial charge in [-0.15, -0.1) is 0 Å². The first-order valence-corrected chi connectivity index (χ1v) is 8.16. The summed E-state index contributed by atoms with van der Waals surface area (Å²) in [6, 6.07) is 13.6. The van der Waals surface area contributed by atoms with E-state index in [4.69, 9.17) is 4.74 Å². The molecular formula is C19H23N3O3. The van der Waals surface area contributed by atoms with Gasteiger partial charge in [0.2, 0.25) is 0 Å². The van der Waals surface area contributed by atoms with Crippen molar-refractivity contribution in [2.75, 3.05) is 17.7 Å². The highest BCUT2D eigenvalue weighted by Crippen LogP contribution is 2.23. The van der Waals surface area contributed by atoms with Crippen LogP contribution in [-0.2, 0) is 0 Å². The van der Waals surface area contributed by atoms with E-state index in [1.54, 1.807) is 42.5 Å². The number of anilines is 2. The first kappa shape index (κ1) is 18.3. The number of amides is 3. The number of carbonyl (C=O) groups is 2. The highest BCUT2D eigenvalue weighted by Gasteiger charge is 2.15. The zero-order chi connectivity index (χ0) is 18.2. The van der Waals surface area contributed by atoms with E-state index in [1.807, 2.05) is 19.9 Å². The Hall–Kier alpha value is -3.02. The summed E-state index contributed by atoms with van der Waals surface area (Å²) < 4.78 is 5.21. The van der Waals surface area contributed by atoms with E-state index in [-0.39, 0.29) is 11.9 Å². The molecule has 25 heavy (non-hydrogen) atoms. The molecule has 3 amide bonds. The van der Waals surface area contributed by atoms with Gasteiger partial charge >= 0.3 is 6.03 Å². The summed E-state index contributed by atoms with van der Waals surface area (Å²) in [5.74, 6) is 0.336. The van der Waals surface area contributed by atoms with Crippen molar-refractivity contribution in [1.82, 2.24) is 5.32 Å². The number of ether oxygens (including phenoxy) is 1. The highest BCUT2D eigenvalue weighted by molar-refractivity contribution is 6.06. The summed E-state index contributed by atoms with van der Waals surface area (Å²) in [5.41, 5.74) is 1.40. The Balaban J connectivity index is 2.12. The molecular weight excluding hydrogens is 318 g/mol. The maximum absolute atomic E-state index is 12.4. The third kappa shape index (κ3) is 4.97. The monoisotopic (exact) mass is 341 g/mol. The Bertz CT molecular complexity index is 746. The fraction of sp³-hybridized carbons (Fsp3) is 0.263. The molecule has 2 aromatic rings. The summed E-state index contributed by atoms with van der Waals surface area (Å²) in [7, 11) is 1.53. The standard InChI is InChI=1S/C19H23N3O3/c1-4-13(2)20-18(23)14-9-5-6-10-15(14)21-19(24)22-16-11-7-8-12-17(16)25-3/h5-13H,4H2,1-3H3,(H,20,23)(H2,21,22,24). The lowest BCUT2D eigenvalue weighted by Crippen LogP contribution is -2.33. The van der Waals surface area contributed by atoms with Gasteiger partial charge in [0.25, 0.3) is 5.91 Å². The number of hydrogen-bond donors (Lipinski definition) is 3. The number of rotatable bonds is 6. The number of urea groups is 1. The zero-order valence-electron chi connectivity index (χ0n) is 14.6. The van der Waals surface area contributed by atoms with Gasteiger partial charge in [0.15, 0.2) is 0 Å². The zero-order valence-corrected chi connectivity index (χ0v) is 14.6. The van der Waals surface area contributed by atoms with Crippen molar-refractivity contribution >= 4 is 23.3 Å². The maximum Gasteiger partial charge on any atom is 0.323 e. The van der Waals surface area contributed by atoms with Crippen LogP contribution < -0.4 is 20.7 Å². The van der Waals surface area contributed by atoms with Gasteiger partial charge in [-0.2, -0.15) is 0 Å². The van der Waals surface area contributed by atoms with Gasteiger partial charge in [-0.3, -0.25) is 4.79 Å². The number of nitrogens with one attached hydrogen (secondary N) is 3. The lowest BCUT2D eigenvalue weighted by atomic mass is 10.1. The molecule has 6 nitrogen and oxygen atoms in total. The van der Waals surface area contributed by atoms with Gasteiger partial charge in [0.1, 0.15) is 5.75 Å². The lowest BCUT2D eigenvalue weighted by Gasteiger charge is -2.15. The van der Waals surface area contributed by atoms with Crippen LogP contribution in [0.15, 0.2) is 48.5 Å². The van der Waals surface area contributed by atoms with E-state index < -0.39 is 6.03 Å². The summed E-state index contributed by atoms with van der Waals surface area (Å²) in [4.78, 5) is 24.7. The number of para-hydroxylation sites is 3. The van der Waals surface area contributed by atoms with E-state index in [0.717, 1.165) is 6.42 Å². The molecule has 0 radical (unpaired) electrons. The van der Waals surface area contributed by atoms with Crippen molar-refractivity contribution in [3.63, 3.8) is 0 Å². The fourth-order valence-corrected chi connectivity index (χ4v) is 2.22. The molecule has 0 bridgehead atoms. The van der Waals surface area contributed by atoms with Gasteiger partial charge in [-0.05, 0) is 37.6 Å². The minimum absolute atomic E-state index is 0.0583. The van der Waals surface area contributed by atoms with Crippen molar-refractivity contribution in [3.05, 3.63) is 54.1 Å². The third-order valence-corrected chi connectivity index (χ3v) is 3.76. The Morgan fingerprint density at radius 1 is 1.00 bits per heavy atom. The van der Waals surface area contributed by atoms with Crippen LogP contribution >= 0.6 is 0 Å². The molecule has 0 fully saturated rings.